The smallest absolute Gasteiger partial charge is 0.0547 e. The summed E-state index contributed by atoms with van der Waals surface area (Å²) in [5.74, 6) is 0. The van der Waals surface area contributed by atoms with Crippen LogP contribution in [0.2, 0.25) is 0 Å². The van der Waals surface area contributed by atoms with Gasteiger partial charge in [0.2, 0.25) is 0 Å². The molecule has 0 atom stereocenters. The lowest BCUT2D eigenvalue weighted by molar-refractivity contribution is 1.18. The van der Waals surface area contributed by atoms with E-state index in [9.17, 15) is 0 Å². The van der Waals surface area contributed by atoms with Crippen LogP contribution in [0, 0.1) is 0 Å². The van der Waals surface area contributed by atoms with E-state index in [2.05, 4.69) is 504 Å². The van der Waals surface area contributed by atoms with Crippen LogP contribution in [0.1, 0.15) is 0 Å². The third kappa shape index (κ3) is 13.2. The van der Waals surface area contributed by atoms with Crippen molar-refractivity contribution in [2.24, 2.45) is 0 Å². The minimum absolute atomic E-state index is 1.14. The average Bonchev–Trinajstić information content (AvgIpc) is 1.58. The highest BCUT2D eigenvalue weighted by Gasteiger charge is 2.23. The maximum Gasteiger partial charge on any atom is 0.0547 e. The van der Waals surface area contributed by atoms with Crippen LogP contribution < -0.4 is 0 Å². The van der Waals surface area contributed by atoms with Gasteiger partial charge in [-0.05, 0) is 251 Å². The lowest BCUT2D eigenvalue weighted by Crippen LogP contribution is -1.95. The second kappa shape index (κ2) is 31.1. The summed E-state index contributed by atoms with van der Waals surface area (Å²) in [5.41, 5.74) is 38.1. The molecule has 0 N–H and O–H groups in total. The zero-order valence-corrected chi connectivity index (χ0v) is 68.0. The van der Waals surface area contributed by atoms with Crippen LogP contribution in [0.4, 0.5) is 0 Å². The van der Waals surface area contributed by atoms with Crippen LogP contribution in [-0.4, -0.2) is 18.3 Å². The molecule has 0 unspecified atom stereocenters. The third-order valence-electron chi connectivity index (χ3n) is 25.0. The van der Waals surface area contributed by atoms with Crippen molar-refractivity contribution in [2.75, 3.05) is 0 Å². The van der Waals surface area contributed by atoms with Crippen LogP contribution in [-0.2, 0) is 0 Å². The number of benzene rings is 20. The molecule has 0 amide bonds. The van der Waals surface area contributed by atoms with Gasteiger partial charge in [0.25, 0.3) is 0 Å². The van der Waals surface area contributed by atoms with Gasteiger partial charge in [-0.1, -0.05) is 346 Å². The quantitative estimate of drug-likeness (QED) is 0.103. The van der Waals surface area contributed by atoms with E-state index < -0.39 is 0 Å². The number of fused-ring (bicyclic) bond motifs is 12. The van der Waals surface area contributed by atoms with Gasteiger partial charge in [-0.25, -0.2) is 0 Å². The second-order valence-electron chi connectivity index (χ2n) is 32.3. The van der Waals surface area contributed by atoms with Crippen molar-refractivity contribution in [2.45, 2.75) is 0 Å². The van der Waals surface area contributed by atoms with Gasteiger partial charge in [0, 0.05) is 65.8 Å². The van der Waals surface area contributed by atoms with E-state index in [0.29, 0.717) is 0 Å². The Morgan fingerprint density at radius 1 is 0.0887 bits per heavy atom. The molecule has 4 aromatic heterocycles. The van der Waals surface area contributed by atoms with Crippen LogP contribution in [0.15, 0.2) is 485 Å². The first-order valence-electron chi connectivity index (χ1n) is 42.7. The van der Waals surface area contributed by atoms with Crippen LogP contribution in [0.5, 0.6) is 0 Å². The largest absolute Gasteiger partial charge is 0.309 e. The molecule has 4 nitrogen and oxygen atoms in total. The number of rotatable bonds is 14. The van der Waals surface area contributed by atoms with Crippen molar-refractivity contribution in [1.29, 1.82) is 0 Å². The van der Waals surface area contributed by atoms with Gasteiger partial charge in [0.15, 0.2) is 0 Å². The van der Waals surface area contributed by atoms with Crippen molar-refractivity contribution >= 4 is 87.2 Å². The second-order valence-corrected chi connectivity index (χ2v) is 32.3. The molecule has 0 saturated heterocycles. The summed E-state index contributed by atoms with van der Waals surface area (Å²) >= 11 is 0. The molecule has 0 spiro atoms. The minimum Gasteiger partial charge on any atom is -0.309 e. The summed E-state index contributed by atoms with van der Waals surface area (Å²) in [4.78, 5) is 0. The topological polar surface area (TPSA) is 19.7 Å². The fourth-order valence-electron chi connectivity index (χ4n) is 19.0. The van der Waals surface area contributed by atoms with E-state index in [1.165, 1.54) is 198 Å². The Bertz CT molecular complexity index is 7920. The fraction of sp³-hybridized carbons (Fsp3) is 0. The summed E-state index contributed by atoms with van der Waals surface area (Å²) < 4.78 is 9.74. The lowest BCUT2D eigenvalue weighted by atomic mass is 9.98. The molecular formula is C120H80N4. The first kappa shape index (κ1) is 72.8. The Morgan fingerprint density at radius 3 is 0.452 bits per heavy atom. The highest BCUT2D eigenvalue weighted by molar-refractivity contribution is 6.17. The molecule has 0 bridgehead atoms. The minimum atomic E-state index is 1.14. The molecule has 4 heterocycles. The van der Waals surface area contributed by atoms with Crippen molar-refractivity contribution in [3.05, 3.63) is 485 Å². The van der Waals surface area contributed by atoms with Gasteiger partial charge in [0.05, 0.1) is 44.1 Å². The third-order valence-corrected chi connectivity index (χ3v) is 25.0. The lowest BCUT2D eigenvalue weighted by Gasteiger charge is -2.12. The molecule has 4 heteroatoms. The van der Waals surface area contributed by atoms with E-state index in [1.54, 1.807) is 0 Å². The molecule has 0 fully saturated rings. The Hall–Kier alpha value is -16.4. The van der Waals surface area contributed by atoms with Crippen LogP contribution in [0.25, 0.3) is 221 Å². The molecule has 124 heavy (non-hydrogen) atoms. The summed E-state index contributed by atoms with van der Waals surface area (Å²) in [5, 5.41) is 9.85. The summed E-state index contributed by atoms with van der Waals surface area (Å²) in [6, 6.07) is 177. The van der Waals surface area contributed by atoms with Crippen LogP contribution in [0.3, 0.4) is 0 Å². The number of nitrogens with zero attached hydrogens (tertiary/aromatic N) is 4. The van der Waals surface area contributed by atoms with E-state index in [4.69, 9.17) is 0 Å². The Balaban J connectivity index is 0.000000143. The fourth-order valence-corrected chi connectivity index (χ4v) is 19.0. The van der Waals surface area contributed by atoms with Gasteiger partial charge < -0.3 is 18.3 Å². The normalized spacial score (nSPS) is 11.5. The summed E-state index contributed by atoms with van der Waals surface area (Å²) in [6.07, 6.45) is 0. The zero-order chi connectivity index (χ0) is 82.0. The maximum absolute atomic E-state index is 2.44. The van der Waals surface area contributed by atoms with E-state index >= 15 is 0 Å². The SMILES string of the molecule is c1ccc(-c2cccc(-n3c4ccc(-c5ccccc5)cc4c4cc(-c5ccc6c(c5)c5cc(-c7ccccc7)ccc5n6-c5cccc(-c6ccccc6)c5)ccc43)c2)cc1.c1ccc(-c2cccc(-n3c4ccc(-c5ccccc5)cc4c4cc(-c5ccc6c(c5)c5ccc(-c7ccccc7)cc5n6-c5cccc(-c6ccccc6)c5)ccc43)c2)cc1. The monoisotopic (exact) mass is 1580 g/mol. The van der Waals surface area contributed by atoms with Crippen molar-refractivity contribution in [3.63, 3.8) is 0 Å². The molecule has 0 radical (unpaired) electrons. The Kier molecular flexibility index (Phi) is 18.2. The van der Waals surface area contributed by atoms with Crippen molar-refractivity contribution < 1.29 is 0 Å². The van der Waals surface area contributed by atoms with Gasteiger partial charge in [-0.2, -0.15) is 0 Å². The van der Waals surface area contributed by atoms with E-state index in [1.807, 2.05) is 0 Å². The first-order valence-corrected chi connectivity index (χ1v) is 42.7. The first-order chi connectivity index (χ1) is 61.5. The average molecular weight is 1580 g/mol. The number of aromatic nitrogens is 4. The van der Waals surface area contributed by atoms with Gasteiger partial charge in [-0.15, -0.1) is 0 Å². The number of hydrogen-bond donors (Lipinski definition) is 0. The predicted octanol–water partition coefficient (Wildman–Crippen LogP) is 32.4. The van der Waals surface area contributed by atoms with Gasteiger partial charge >= 0.3 is 0 Å². The standard InChI is InChI=1S/2C60H40N2/c1-5-15-41(16-6-1)45-23-13-25-51(35-45)61-58-32-28-47(43-19-9-3-10-20-43)37-55(58)56-39-49(30-34-59(56)61)48-29-33-57-54(38-48)53-31-27-50(44-21-11-4-12-22-44)40-60(53)62(57)52-26-14-24-46(36-52)42-17-7-2-8-18-42;1-5-15-41(16-6-1)45-23-13-25-51(35-45)61-57-31-27-47(43-19-9-3-10-20-43)37-53(57)55-39-49(29-33-59(55)61)50-30-34-60-56(40-50)54-38-48(44-21-11-4-12-22-44)28-32-58(54)62(60)52-26-14-24-46(36-52)42-17-7-2-8-18-42/h2*1-40H. The molecule has 580 valence electrons. The molecule has 0 saturated carbocycles. The Labute approximate surface area is 719 Å². The highest BCUT2D eigenvalue weighted by Crippen LogP contribution is 2.46. The van der Waals surface area contributed by atoms with Crippen molar-refractivity contribution in [1.82, 2.24) is 18.3 Å². The molecule has 24 aromatic rings. The Morgan fingerprint density at radius 2 is 0.242 bits per heavy atom. The molecule has 0 aliphatic rings. The van der Waals surface area contributed by atoms with E-state index in [-0.39, 0.29) is 0 Å². The molecular weight excluding hydrogens is 1500 g/mol. The maximum atomic E-state index is 2.44. The molecule has 20 aromatic carbocycles. The predicted molar refractivity (Wildman–Crippen MR) is 525 cm³/mol. The van der Waals surface area contributed by atoms with Crippen molar-refractivity contribution in [3.8, 4) is 134 Å². The van der Waals surface area contributed by atoms with Gasteiger partial charge in [0.1, 0.15) is 0 Å². The van der Waals surface area contributed by atoms with Gasteiger partial charge in [-0.3, -0.25) is 0 Å². The highest BCUT2D eigenvalue weighted by atomic mass is 15.0. The number of hydrogen-bond acceptors (Lipinski definition) is 0. The zero-order valence-electron chi connectivity index (χ0n) is 68.0. The summed E-state index contributed by atoms with van der Waals surface area (Å²) in [7, 11) is 0. The summed E-state index contributed by atoms with van der Waals surface area (Å²) in [6.45, 7) is 0. The molecule has 0 aliphatic heterocycles. The van der Waals surface area contributed by atoms with E-state index in [0.717, 1.165) is 22.7 Å². The molecule has 24 rings (SSSR count). The van der Waals surface area contributed by atoms with Crippen LogP contribution >= 0.6 is 0 Å². The molecule has 0 aliphatic carbocycles.